The van der Waals surface area contributed by atoms with Gasteiger partial charge >= 0.3 is 11.9 Å². The summed E-state index contributed by atoms with van der Waals surface area (Å²) in [5.74, 6) is -1.91. The average Bonchev–Trinajstić information content (AvgIpc) is 3.73. The van der Waals surface area contributed by atoms with Crippen LogP contribution in [0.1, 0.15) is 94.1 Å². The molecule has 0 radical (unpaired) electrons. The van der Waals surface area contributed by atoms with Gasteiger partial charge in [0, 0.05) is 33.9 Å². The Morgan fingerprint density at radius 3 is 2.44 bits per heavy atom. The normalized spacial score (nSPS) is 19.0. The van der Waals surface area contributed by atoms with E-state index in [4.69, 9.17) is 0 Å². The van der Waals surface area contributed by atoms with Gasteiger partial charge in [-0.1, -0.05) is 37.5 Å². The van der Waals surface area contributed by atoms with Crippen LogP contribution in [0.2, 0.25) is 0 Å². The van der Waals surface area contributed by atoms with Crippen LogP contribution in [0, 0.1) is 11.7 Å². The summed E-state index contributed by atoms with van der Waals surface area (Å²) in [4.78, 5) is 51.9. The largest absolute Gasteiger partial charge is 0.419 e. The van der Waals surface area contributed by atoms with E-state index in [1.807, 2.05) is 12.1 Å². The van der Waals surface area contributed by atoms with E-state index in [9.17, 15) is 36.7 Å². The van der Waals surface area contributed by atoms with E-state index in [0.717, 1.165) is 60.5 Å². The summed E-state index contributed by atoms with van der Waals surface area (Å²) in [6.45, 7) is 3.46. The lowest BCUT2D eigenvalue weighted by Gasteiger charge is -2.35. The lowest BCUT2D eigenvalue weighted by atomic mass is 9.86. The third kappa shape index (κ3) is 8.07. The number of aryl methyl sites for hydroxylation is 1. The summed E-state index contributed by atoms with van der Waals surface area (Å²) in [5.41, 5.74) is 1.67. The predicted molar refractivity (Wildman–Crippen MR) is 203 cm³/mol. The van der Waals surface area contributed by atoms with E-state index in [1.165, 1.54) is 56.5 Å². The molecule has 1 saturated carbocycles. The SMILES string of the molecule is Cn1c(=O)n(C2CCC(=O)NC2=O)c2cccc(C3CCN(CC4CCCCC4)CC3)c21.O=C(Nc1ccc2[nH]ncc2c1)c1cccc(C(F)(F)F)c1F.[HH].[HH]. The van der Waals surface area contributed by atoms with E-state index in [-0.39, 0.29) is 26.8 Å². The molecule has 2 saturated heterocycles. The van der Waals surface area contributed by atoms with Gasteiger partial charge in [-0.25, -0.2) is 9.18 Å². The number of halogens is 4. The van der Waals surface area contributed by atoms with Crippen molar-refractivity contribution in [3.63, 3.8) is 0 Å². The van der Waals surface area contributed by atoms with Crippen molar-refractivity contribution in [3.8, 4) is 0 Å². The van der Waals surface area contributed by atoms with E-state index < -0.39 is 35.1 Å². The smallest absolute Gasteiger partial charge is 0.322 e. The molecule has 3 aliphatic rings. The van der Waals surface area contributed by atoms with Gasteiger partial charge in [0.05, 0.1) is 33.9 Å². The summed E-state index contributed by atoms with van der Waals surface area (Å²) >= 11 is 0. The summed E-state index contributed by atoms with van der Waals surface area (Å²) in [6, 6.07) is 12.8. The maximum absolute atomic E-state index is 13.9. The van der Waals surface area contributed by atoms with Crippen molar-refractivity contribution in [2.45, 2.75) is 75.9 Å². The topological polar surface area (TPSA) is 134 Å². The molecule has 3 fully saturated rings. The zero-order valence-corrected chi connectivity index (χ0v) is 30.4. The number of aromatic nitrogens is 4. The monoisotopic (exact) mass is 765 g/mol. The zero-order valence-electron chi connectivity index (χ0n) is 30.4. The van der Waals surface area contributed by atoms with Crippen molar-refractivity contribution in [2.75, 3.05) is 25.0 Å². The van der Waals surface area contributed by atoms with Crippen molar-refractivity contribution in [3.05, 3.63) is 93.8 Å². The maximum atomic E-state index is 13.9. The van der Waals surface area contributed by atoms with Crippen molar-refractivity contribution in [1.82, 2.24) is 29.5 Å². The van der Waals surface area contributed by atoms with Gasteiger partial charge in [0.2, 0.25) is 11.8 Å². The number of aromatic amines is 1. The molecular weight excluding hydrogens is 718 g/mol. The van der Waals surface area contributed by atoms with Crippen LogP contribution in [0.15, 0.2) is 65.6 Å². The minimum atomic E-state index is -4.87. The number of nitrogens with zero attached hydrogens (tertiary/aromatic N) is 4. The highest BCUT2D eigenvalue weighted by atomic mass is 19.4. The molecule has 0 spiro atoms. The Kier molecular flexibility index (Phi) is 10.9. The molecule has 55 heavy (non-hydrogen) atoms. The number of nitrogens with one attached hydrogen (secondary N) is 3. The molecule has 3 amide bonds. The Morgan fingerprint density at radius 1 is 0.964 bits per heavy atom. The van der Waals surface area contributed by atoms with Crippen LogP contribution in [-0.4, -0.2) is 61.6 Å². The lowest BCUT2D eigenvalue weighted by molar-refractivity contribution is -0.140. The first-order chi connectivity index (χ1) is 26.4. The van der Waals surface area contributed by atoms with Crippen LogP contribution >= 0.6 is 0 Å². The third-order valence-electron chi connectivity index (χ3n) is 11.2. The van der Waals surface area contributed by atoms with Crippen LogP contribution in [-0.2, 0) is 22.8 Å². The number of anilines is 1. The van der Waals surface area contributed by atoms with E-state index in [2.05, 4.69) is 31.8 Å². The molecule has 8 rings (SSSR count). The second-order valence-corrected chi connectivity index (χ2v) is 14.8. The Labute approximate surface area is 317 Å². The number of imide groups is 1. The van der Waals surface area contributed by atoms with Crippen molar-refractivity contribution in [2.24, 2.45) is 13.0 Å². The van der Waals surface area contributed by atoms with Gasteiger partial charge in [0.25, 0.3) is 5.91 Å². The number of piperidine rings is 2. The number of alkyl halides is 3. The summed E-state index contributed by atoms with van der Waals surface area (Å²) in [5, 5.41) is 12.0. The molecule has 0 bridgehead atoms. The molecule has 1 aliphatic carbocycles. The Hall–Kier alpha value is -5.31. The Morgan fingerprint density at radius 2 is 1.71 bits per heavy atom. The minimum Gasteiger partial charge on any atom is -0.322 e. The molecule has 15 heteroatoms. The van der Waals surface area contributed by atoms with Crippen LogP contribution in [0.4, 0.5) is 23.2 Å². The van der Waals surface area contributed by atoms with Gasteiger partial charge in [-0.05, 0) is 99.0 Å². The molecule has 1 unspecified atom stereocenters. The number of benzene rings is 3. The van der Waals surface area contributed by atoms with E-state index >= 15 is 0 Å². The number of imidazole rings is 1. The quantitative estimate of drug-likeness (QED) is 0.121. The highest BCUT2D eigenvalue weighted by molar-refractivity contribution is 6.05. The van der Waals surface area contributed by atoms with Crippen LogP contribution in [0.5, 0.6) is 0 Å². The van der Waals surface area contributed by atoms with E-state index in [0.29, 0.717) is 29.5 Å². The molecule has 4 heterocycles. The maximum Gasteiger partial charge on any atom is 0.419 e. The van der Waals surface area contributed by atoms with Crippen LogP contribution in [0.25, 0.3) is 21.9 Å². The lowest BCUT2D eigenvalue weighted by Crippen LogP contribution is -2.44. The number of fused-ring (bicyclic) bond motifs is 2. The van der Waals surface area contributed by atoms with Crippen LogP contribution < -0.4 is 16.3 Å². The van der Waals surface area contributed by atoms with Crippen LogP contribution in [0.3, 0.4) is 0 Å². The second kappa shape index (κ2) is 15.8. The van der Waals surface area contributed by atoms with Crippen molar-refractivity contribution in [1.29, 1.82) is 0 Å². The molecule has 294 valence electrons. The first-order valence-electron chi connectivity index (χ1n) is 18.7. The van der Waals surface area contributed by atoms with Gasteiger partial charge in [0.15, 0.2) is 0 Å². The third-order valence-corrected chi connectivity index (χ3v) is 11.2. The molecule has 11 nitrogen and oxygen atoms in total. The first-order valence-corrected chi connectivity index (χ1v) is 18.7. The second-order valence-electron chi connectivity index (χ2n) is 14.8. The highest BCUT2D eigenvalue weighted by Crippen LogP contribution is 2.36. The Bertz CT molecular complexity index is 2290. The number of rotatable bonds is 6. The Balaban J connectivity index is 0.000000221. The zero-order chi connectivity index (χ0) is 38.9. The number of likely N-dealkylation sites (tertiary alicyclic amines) is 1. The fourth-order valence-corrected chi connectivity index (χ4v) is 8.33. The fraction of sp³-hybridized carbons (Fsp3) is 0.425. The van der Waals surface area contributed by atoms with E-state index in [1.54, 1.807) is 28.3 Å². The van der Waals surface area contributed by atoms with Gasteiger partial charge in [0.1, 0.15) is 11.9 Å². The summed E-state index contributed by atoms with van der Waals surface area (Å²) in [7, 11) is 1.80. The molecular formula is C40H47F4N7O4. The number of carbonyl (C=O) groups is 3. The number of carbonyl (C=O) groups excluding carboxylic acids is 3. The number of hydrogen-bond donors (Lipinski definition) is 3. The van der Waals surface area contributed by atoms with Gasteiger partial charge < -0.3 is 10.2 Å². The summed E-state index contributed by atoms with van der Waals surface area (Å²) in [6.07, 6.45) is 6.44. The first kappa shape index (κ1) is 38.0. The predicted octanol–water partition coefficient (Wildman–Crippen LogP) is 7.54. The molecule has 1 atom stereocenters. The van der Waals surface area contributed by atoms with Gasteiger partial charge in [-0.15, -0.1) is 0 Å². The fourth-order valence-electron chi connectivity index (χ4n) is 8.33. The number of amides is 3. The molecule has 3 N–H and O–H groups in total. The summed E-state index contributed by atoms with van der Waals surface area (Å²) < 4.78 is 55.3. The molecule has 2 aromatic heterocycles. The molecule has 5 aromatic rings. The highest BCUT2D eigenvalue weighted by Gasteiger charge is 2.36. The molecule has 3 aromatic carbocycles. The minimum absolute atomic E-state index is 0. The average molecular weight is 766 g/mol. The number of para-hydroxylation sites is 1. The van der Waals surface area contributed by atoms with Crippen molar-refractivity contribution >= 4 is 45.3 Å². The van der Waals surface area contributed by atoms with Gasteiger partial charge in [-0.2, -0.15) is 18.3 Å². The number of hydrogen-bond acceptors (Lipinski definition) is 6. The van der Waals surface area contributed by atoms with Gasteiger partial charge in [-0.3, -0.25) is 33.9 Å². The number of H-pyrrole nitrogens is 1. The standard InChI is InChI=1S/C25H34N4O3.C15H9F4N3O.2H2/c1-27-23-19(18-12-14-28(15-13-18)16-17-6-3-2-4-7-17)8-5-9-20(23)29(25(27)32)21-10-11-22(30)26-24(21)31;16-13-10(2-1-3-11(13)15(17,18)19)14(23)21-9-4-5-12-8(6-9)7-20-22-12;;/h5,8-9,17-18,21H,2-4,6-7,10-16H2,1H3,(H,26,30,31);1-7H,(H,20,22)(H,21,23);2*1H. The molecule has 2 aliphatic heterocycles. The van der Waals surface area contributed by atoms with Crippen molar-refractivity contribution < 1.29 is 34.8 Å².